The monoisotopic (exact) mass is 259 g/mol. The molecule has 0 N–H and O–H groups in total. The summed E-state index contributed by atoms with van der Waals surface area (Å²) in [6.07, 6.45) is -4.00. The summed E-state index contributed by atoms with van der Waals surface area (Å²) in [4.78, 5) is 10.9. The van der Waals surface area contributed by atoms with Crippen LogP contribution in [0, 0.1) is 6.92 Å². The summed E-state index contributed by atoms with van der Waals surface area (Å²) >= 11 is 0. The first-order chi connectivity index (χ1) is 8.36. The van der Waals surface area contributed by atoms with Crippen molar-refractivity contribution in [3.8, 4) is 0 Å². The van der Waals surface area contributed by atoms with Crippen LogP contribution in [0.3, 0.4) is 0 Å². The van der Waals surface area contributed by atoms with E-state index in [-0.39, 0.29) is 6.54 Å². The van der Waals surface area contributed by atoms with Crippen LogP contribution in [0.2, 0.25) is 0 Å². The van der Waals surface area contributed by atoms with Crippen molar-refractivity contribution in [2.45, 2.75) is 19.6 Å². The number of carbonyl (C=O) groups excluding carboxylic acids is 1. The van der Waals surface area contributed by atoms with E-state index < -0.39 is 17.7 Å². The molecule has 0 aliphatic heterocycles. The molecule has 0 unspecified atom stereocenters. The number of nitrogens with zero attached hydrogens (tertiary/aromatic N) is 3. The molecule has 0 aromatic carbocycles. The van der Waals surface area contributed by atoms with Crippen LogP contribution >= 0.6 is 0 Å². The number of rotatable bonds is 3. The second-order valence-electron chi connectivity index (χ2n) is 3.64. The Morgan fingerprint density at radius 1 is 1.44 bits per heavy atom. The van der Waals surface area contributed by atoms with Gasteiger partial charge in [-0.3, -0.25) is 4.79 Å². The SMILES string of the molecule is Cc1ccc(Cn2cc(C(=O)C(F)(F)F)nn2)o1. The Kier molecular flexibility index (Phi) is 2.93. The molecule has 0 aliphatic rings. The molecule has 5 nitrogen and oxygen atoms in total. The Labute approximate surface area is 99.2 Å². The normalized spacial score (nSPS) is 11.8. The van der Waals surface area contributed by atoms with Crippen molar-refractivity contribution in [1.29, 1.82) is 0 Å². The highest BCUT2D eigenvalue weighted by Gasteiger charge is 2.41. The van der Waals surface area contributed by atoms with E-state index in [9.17, 15) is 18.0 Å². The van der Waals surface area contributed by atoms with E-state index in [0.29, 0.717) is 11.5 Å². The van der Waals surface area contributed by atoms with E-state index >= 15 is 0 Å². The number of aryl methyl sites for hydroxylation is 1. The van der Waals surface area contributed by atoms with Gasteiger partial charge in [-0.2, -0.15) is 13.2 Å². The van der Waals surface area contributed by atoms with E-state index in [1.165, 1.54) is 0 Å². The number of hydrogen-bond donors (Lipinski definition) is 0. The topological polar surface area (TPSA) is 60.9 Å². The number of halogens is 3. The summed E-state index contributed by atoms with van der Waals surface area (Å²) in [5.41, 5.74) is -0.731. The molecule has 96 valence electrons. The largest absolute Gasteiger partial charge is 0.464 e. The molecule has 0 spiro atoms. The number of ketones is 1. The summed E-state index contributed by atoms with van der Waals surface area (Å²) in [6.45, 7) is 1.86. The summed E-state index contributed by atoms with van der Waals surface area (Å²) < 4.78 is 42.7. The van der Waals surface area contributed by atoms with E-state index in [2.05, 4.69) is 10.3 Å². The molecule has 0 amide bonds. The summed E-state index contributed by atoms with van der Waals surface area (Å²) in [5, 5.41) is 6.63. The molecule has 0 radical (unpaired) electrons. The Hall–Kier alpha value is -2.12. The predicted octanol–water partition coefficient (Wildman–Crippen LogP) is 1.97. The average molecular weight is 259 g/mol. The molecule has 0 aliphatic carbocycles. The smallest absolute Gasteiger partial charge is 0.456 e. The van der Waals surface area contributed by atoms with E-state index in [4.69, 9.17) is 4.42 Å². The molecule has 18 heavy (non-hydrogen) atoms. The fourth-order valence-corrected chi connectivity index (χ4v) is 1.35. The average Bonchev–Trinajstić information content (AvgIpc) is 2.86. The van der Waals surface area contributed by atoms with E-state index in [1.54, 1.807) is 19.1 Å². The fourth-order valence-electron chi connectivity index (χ4n) is 1.35. The maximum absolute atomic E-state index is 12.1. The first-order valence-electron chi connectivity index (χ1n) is 4.93. The van der Waals surface area contributed by atoms with Crippen LogP contribution in [-0.4, -0.2) is 27.0 Å². The first-order valence-corrected chi connectivity index (χ1v) is 4.93. The molecule has 2 aromatic heterocycles. The maximum Gasteiger partial charge on any atom is 0.456 e. The van der Waals surface area contributed by atoms with Crippen molar-refractivity contribution in [1.82, 2.24) is 15.0 Å². The van der Waals surface area contributed by atoms with Crippen LogP contribution in [0.15, 0.2) is 22.7 Å². The van der Waals surface area contributed by atoms with Gasteiger partial charge in [-0.25, -0.2) is 4.68 Å². The second kappa shape index (κ2) is 4.28. The van der Waals surface area contributed by atoms with Crippen LogP contribution < -0.4 is 0 Å². The number of alkyl halides is 3. The van der Waals surface area contributed by atoms with Crippen molar-refractivity contribution >= 4 is 5.78 Å². The van der Waals surface area contributed by atoms with Gasteiger partial charge in [-0.1, -0.05) is 5.21 Å². The Morgan fingerprint density at radius 3 is 2.72 bits per heavy atom. The van der Waals surface area contributed by atoms with Gasteiger partial charge in [-0.05, 0) is 19.1 Å². The fraction of sp³-hybridized carbons (Fsp3) is 0.300. The number of Topliss-reactive ketones (excluding diaryl/α,β-unsaturated/α-hetero) is 1. The summed E-state index contributed by atoms with van der Waals surface area (Å²) in [6, 6.07) is 3.39. The second-order valence-corrected chi connectivity index (χ2v) is 3.64. The van der Waals surface area contributed by atoms with Crippen LogP contribution in [0.25, 0.3) is 0 Å². The van der Waals surface area contributed by atoms with Gasteiger partial charge in [0.2, 0.25) is 0 Å². The number of furan rings is 1. The zero-order valence-corrected chi connectivity index (χ0v) is 9.23. The third-order valence-electron chi connectivity index (χ3n) is 2.14. The lowest BCUT2D eigenvalue weighted by Gasteiger charge is -2.00. The molecule has 2 rings (SSSR count). The minimum absolute atomic E-state index is 0.117. The lowest BCUT2D eigenvalue weighted by atomic mass is 10.3. The highest BCUT2D eigenvalue weighted by molar-refractivity contribution is 5.98. The van der Waals surface area contributed by atoms with Gasteiger partial charge in [0.1, 0.15) is 18.1 Å². The Morgan fingerprint density at radius 2 is 2.17 bits per heavy atom. The molecular weight excluding hydrogens is 251 g/mol. The van der Waals surface area contributed by atoms with Crippen LogP contribution in [0.5, 0.6) is 0 Å². The quantitative estimate of drug-likeness (QED) is 0.790. The van der Waals surface area contributed by atoms with Gasteiger partial charge in [0.25, 0.3) is 5.78 Å². The van der Waals surface area contributed by atoms with Crippen molar-refractivity contribution in [2.75, 3.05) is 0 Å². The predicted molar refractivity (Wildman–Crippen MR) is 53.0 cm³/mol. The lowest BCUT2D eigenvalue weighted by molar-refractivity contribution is -0.0888. The zero-order chi connectivity index (χ0) is 13.3. The van der Waals surface area contributed by atoms with E-state index in [1.807, 2.05) is 0 Å². The van der Waals surface area contributed by atoms with Crippen molar-refractivity contribution in [3.05, 3.63) is 35.5 Å². The zero-order valence-electron chi connectivity index (χ0n) is 9.23. The molecule has 0 fully saturated rings. The number of aromatic nitrogens is 3. The Balaban J connectivity index is 2.14. The van der Waals surface area contributed by atoms with Crippen LogP contribution in [-0.2, 0) is 6.54 Å². The highest BCUT2D eigenvalue weighted by atomic mass is 19.4. The van der Waals surface area contributed by atoms with Crippen molar-refractivity contribution in [2.24, 2.45) is 0 Å². The molecule has 2 aromatic rings. The summed E-state index contributed by atoms with van der Waals surface area (Å²) in [7, 11) is 0. The minimum Gasteiger partial charge on any atom is -0.464 e. The van der Waals surface area contributed by atoms with Gasteiger partial charge in [0.15, 0.2) is 5.69 Å². The lowest BCUT2D eigenvalue weighted by Crippen LogP contribution is -2.23. The molecular formula is C10H8F3N3O2. The highest BCUT2D eigenvalue weighted by Crippen LogP contribution is 2.20. The standard InChI is InChI=1S/C10H8F3N3O2/c1-6-2-3-7(18-6)4-16-5-8(14-15-16)9(17)10(11,12)13/h2-3,5H,4H2,1H3. The molecule has 2 heterocycles. The van der Waals surface area contributed by atoms with Gasteiger partial charge in [0.05, 0.1) is 6.20 Å². The summed E-state index contributed by atoms with van der Waals surface area (Å²) in [5.74, 6) is -0.815. The third-order valence-corrected chi connectivity index (χ3v) is 2.14. The molecule has 0 saturated carbocycles. The van der Waals surface area contributed by atoms with Gasteiger partial charge >= 0.3 is 6.18 Å². The number of carbonyl (C=O) groups is 1. The van der Waals surface area contributed by atoms with Gasteiger partial charge in [-0.15, -0.1) is 5.10 Å². The van der Waals surface area contributed by atoms with E-state index in [0.717, 1.165) is 10.9 Å². The molecule has 0 atom stereocenters. The van der Waals surface area contributed by atoms with Crippen molar-refractivity contribution < 1.29 is 22.4 Å². The Bertz CT molecular complexity index is 571. The minimum atomic E-state index is -4.94. The van der Waals surface area contributed by atoms with Crippen LogP contribution in [0.1, 0.15) is 22.0 Å². The number of hydrogen-bond acceptors (Lipinski definition) is 4. The van der Waals surface area contributed by atoms with Crippen LogP contribution in [0.4, 0.5) is 13.2 Å². The van der Waals surface area contributed by atoms with Gasteiger partial charge < -0.3 is 4.42 Å². The van der Waals surface area contributed by atoms with Crippen molar-refractivity contribution in [3.63, 3.8) is 0 Å². The first kappa shape index (κ1) is 12.3. The molecule has 0 bridgehead atoms. The third kappa shape index (κ3) is 2.58. The molecule has 8 heteroatoms. The maximum atomic E-state index is 12.1. The molecule has 0 saturated heterocycles. The van der Waals surface area contributed by atoms with Gasteiger partial charge in [0, 0.05) is 0 Å².